The number of likely N-dealkylation sites (N-methyl/N-ethyl adjacent to an activating group) is 1. The molecule has 2 rings (SSSR count). The molecule has 1 aromatic heterocycles. The van der Waals surface area contributed by atoms with Crippen LogP contribution in [-0.4, -0.2) is 49.1 Å². The van der Waals surface area contributed by atoms with Crippen molar-refractivity contribution in [3.63, 3.8) is 0 Å². The van der Waals surface area contributed by atoms with Gasteiger partial charge in [-0.1, -0.05) is 6.07 Å². The molecular formula is C13H23N3S. The minimum atomic E-state index is 0.192. The fourth-order valence-electron chi connectivity index (χ4n) is 2.58. The lowest BCUT2D eigenvalue weighted by Gasteiger charge is -2.32. The Hall–Kier alpha value is -0.420. The number of hydrogen-bond acceptors (Lipinski definition) is 4. The molecule has 1 aliphatic rings. The van der Waals surface area contributed by atoms with E-state index in [1.807, 2.05) is 11.3 Å². The zero-order valence-corrected chi connectivity index (χ0v) is 11.6. The maximum Gasteiger partial charge on any atom is 0.0591 e. The number of hydrogen-bond donors (Lipinski definition) is 1. The topological polar surface area (TPSA) is 32.5 Å². The molecule has 2 heterocycles. The lowest BCUT2D eigenvalue weighted by Crippen LogP contribution is -2.40. The minimum Gasteiger partial charge on any atom is -0.326 e. The molecule has 0 bridgehead atoms. The molecule has 0 saturated carbocycles. The molecule has 0 aromatic carbocycles. The third-order valence-electron chi connectivity index (χ3n) is 3.48. The molecule has 17 heavy (non-hydrogen) atoms. The summed E-state index contributed by atoms with van der Waals surface area (Å²) in [6.07, 6.45) is 1.24. The van der Waals surface area contributed by atoms with E-state index < -0.39 is 0 Å². The Morgan fingerprint density at radius 1 is 1.29 bits per heavy atom. The van der Waals surface area contributed by atoms with Crippen molar-refractivity contribution in [1.29, 1.82) is 0 Å². The zero-order chi connectivity index (χ0) is 12.3. The highest BCUT2D eigenvalue weighted by Gasteiger charge is 2.26. The smallest absolute Gasteiger partial charge is 0.0591 e. The molecule has 1 saturated heterocycles. The largest absolute Gasteiger partial charge is 0.326 e. The summed E-state index contributed by atoms with van der Waals surface area (Å²) in [7, 11) is 2.20. The van der Waals surface area contributed by atoms with Crippen molar-refractivity contribution in [1.82, 2.24) is 9.80 Å². The Morgan fingerprint density at radius 3 is 2.76 bits per heavy atom. The van der Waals surface area contributed by atoms with Gasteiger partial charge in [0.1, 0.15) is 0 Å². The molecule has 0 aliphatic carbocycles. The van der Waals surface area contributed by atoms with Crippen LogP contribution < -0.4 is 5.73 Å². The molecule has 0 spiro atoms. The predicted octanol–water partition coefficient (Wildman–Crippen LogP) is 1.77. The van der Waals surface area contributed by atoms with Crippen molar-refractivity contribution in [3.8, 4) is 0 Å². The van der Waals surface area contributed by atoms with E-state index >= 15 is 0 Å². The summed E-state index contributed by atoms with van der Waals surface area (Å²) in [6, 6.07) is 4.92. The van der Waals surface area contributed by atoms with E-state index in [1.165, 1.54) is 17.8 Å². The molecule has 1 fully saturated rings. The van der Waals surface area contributed by atoms with Crippen LogP contribution in [0, 0.1) is 0 Å². The van der Waals surface area contributed by atoms with E-state index in [-0.39, 0.29) is 6.04 Å². The second-order valence-electron chi connectivity index (χ2n) is 5.01. The van der Waals surface area contributed by atoms with Gasteiger partial charge in [0, 0.05) is 30.6 Å². The monoisotopic (exact) mass is 253 g/mol. The van der Waals surface area contributed by atoms with Crippen molar-refractivity contribution in [2.75, 3.05) is 33.2 Å². The zero-order valence-electron chi connectivity index (χ0n) is 10.8. The number of nitrogens with zero attached hydrogens (tertiary/aromatic N) is 2. The van der Waals surface area contributed by atoms with Gasteiger partial charge in [0.2, 0.25) is 0 Å². The average Bonchev–Trinajstić information content (AvgIpc) is 2.70. The summed E-state index contributed by atoms with van der Waals surface area (Å²) in [5.41, 5.74) is 6.20. The molecule has 0 radical (unpaired) electrons. The SMILES string of the molecule is CC(N)C(c1cccs1)N1CCCN(C)CC1. The Balaban J connectivity index is 2.10. The van der Waals surface area contributed by atoms with Crippen LogP contribution in [0.5, 0.6) is 0 Å². The highest BCUT2D eigenvalue weighted by Crippen LogP contribution is 2.28. The Kier molecular flexibility index (Phi) is 4.56. The molecule has 4 heteroatoms. The third-order valence-corrected chi connectivity index (χ3v) is 4.42. The Labute approximate surface area is 108 Å². The van der Waals surface area contributed by atoms with Crippen LogP contribution in [-0.2, 0) is 0 Å². The fourth-order valence-corrected chi connectivity index (χ4v) is 3.55. The van der Waals surface area contributed by atoms with Crippen LogP contribution >= 0.6 is 11.3 Å². The molecule has 2 N–H and O–H groups in total. The van der Waals surface area contributed by atoms with Crippen LogP contribution in [0.2, 0.25) is 0 Å². The molecule has 96 valence electrons. The van der Waals surface area contributed by atoms with E-state index in [2.05, 4.69) is 41.3 Å². The molecule has 2 atom stereocenters. The van der Waals surface area contributed by atoms with Gasteiger partial charge in [-0.15, -0.1) is 11.3 Å². The van der Waals surface area contributed by atoms with Crippen molar-refractivity contribution >= 4 is 11.3 Å². The first-order valence-electron chi connectivity index (χ1n) is 6.40. The van der Waals surface area contributed by atoms with Gasteiger partial charge in [0.25, 0.3) is 0 Å². The summed E-state index contributed by atoms with van der Waals surface area (Å²) >= 11 is 1.83. The predicted molar refractivity (Wildman–Crippen MR) is 74.4 cm³/mol. The third kappa shape index (κ3) is 3.28. The maximum absolute atomic E-state index is 6.20. The van der Waals surface area contributed by atoms with Gasteiger partial charge in [-0.3, -0.25) is 4.90 Å². The number of rotatable bonds is 3. The van der Waals surface area contributed by atoms with Gasteiger partial charge < -0.3 is 10.6 Å². The van der Waals surface area contributed by atoms with Gasteiger partial charge in [-0.2, -0.15) is 0 Å². The summed E-state index contributed by atoms with van der Waals surface area (Å²) in [6.45, 7) is 6.76. The summed E-state index contributed by atoms with van der Waals surface area (Å²) in [4.78, 5) is 6.37. The molecule has 1 aliphatic heterocycles. The highest BCUT2D eigenvalue weighted by atomic mass is 32.1. The quantitative estimate of drug-likeness (QED) is 0.891. The number of nitrogens with two attached hydrogens (primary N) is 1. The maximum atomic E-state index is 6.20. The minimum absolute atomic E-state index is 0.192. The second kappa shape index (κ2) is 5.96. The van der Waals surface area contributed by atoms with Gasteiger partial charge >= 0.3 is 0 Å². The lowest BCUT2D eigenvalue weighted by molar-refractivity contribution is 0.185. The molecule has 2 unspecified atom stereocenters. The normalized spacial score (nSPS) is 23.2. The number of thiophene rings is 1. The van der Waals surface area contributed by atoms with Crippen molar-refractivity contribution in [3.05, 3.63) is 22.4 Å². The van der Waals surface area contributed by atoms with Gasteiger partial charge in [0.05, 0.1) is 6.04 Å². The molecular weight excluding hydrogens is 230 g/mol. The van der Waals surface area contributed by atoms with Gasteiger partial charge in [-0.25, -0.2) is 0 Å². The Bertz CT molecular complexity index is 323. The van der Waals surface area contributed by atoms with Gasteiger partial charge in [-0.05, 0) is 38.4 Å². The standard InChI is InChI=1S/C13H23N3S/c1-11(14)13(12-5-3-10-17-12)16-7-4-6-15(2)8-9-16/h3,5,10-11,13H,4,6-9,14H2,1-2H3. The van der Waals surface area contributed by atoms with E-state index in [0.717, 1.165) is 19.6 Å². The first-order chi connectivity index (χ1) is 8.18. The van der Waals surface area contributed by atoms with E-state index in [9.17, 15) is 0 Å². The van der Waals surface area contributed by atoms with Crippen molar-refractivity contribution in [2.24, 2.45) is 5.73 Å². The van der Waals surface area contributed by atoms with E-state index in [4.69, 9.17) is 5.73 Å². The van der Waals surface area contributed by atoms with Crippen molar-refractivity contribution < 1.29 is 0 Å². The lowest BCUT2D eigenvalue weighted by atomic mass is 10.1. The molecule has 3 nitrogen and oxygen atoms in total. The van der Waals surface area contributed by atoms with Crippen molar-refractivity contribution in [2.45, 2.75) is 25.4 Å². The first-order valence-corrected chi connectivity index (χ1v) is 7.28. The van der Waals surface area contributed by atoms with Crippen LogP contribution in [0.4, 0.5) is 0 Å². The average molecular weight is 253 g/mol. The summed E-state index contributed by atoms with van der Waals surface area (Å²) < 4.78 is 0. The molecule has 1 aromatic rings. The molecule has 0 amide bonds. The van der Waals surface area contributed by atoms with Gasteiger partial charge in [0.15, 0.2) is 0 Å². The Morgan fingerprint density at radius 2 is 2.12 bits per heavy atom. The summed E-state index contributed by atoms with van der Waals surface area (Å²) in [5, 5.41) is 2.15. The fraction of sp³-hybridized carbons (Fsp3) is 0.692. The highest BCUT2D eigenvalue weighted by molar-refractivity contribution is 7.10. The second-order valence-corrected chi connectivity index (χ2v) is 5.99. The van der Waals surface area contributed by atoms with Crippen LogP contribution in [0.3, 0.4) is 0 Å². The van der Waals surface area contributed by atoms with Crippen LogP contribution in [0.25, 0.3) is 0 Å². The summed E-state index contributed by atoms with van der Waals surface area (Å²) in [5.74, 6) is 0. The van der Waals surface area contributed by atoms with E-state index in [1.54, 1.807) is 0 Å². The first kappa shape index (κ1) is 13.0. The van der Waals surface area contributed by atoms with Crippen LogP contribution in [0.15, 0.2) is 17.5 Å². The van der Waals surface area contributed by atoms with E-state index in [0.29, 0.717) is 6.04 Å². The van der Waals surface area contributed by atoms with Crippen LogP contribution in [0.1, 0.15) is 24.3 Å².